The largest absolute Gasteiger partial charge is 0.317 e. The van der Waals surface area contributed by atoms with Gasteiger partial charge < -0.3 is 4.57 Å². The van der Waals surface area contributed by atoms with Gasteiger partial charge in [0.15, 0.2) is 5.11 Å². The Bertz CT molecular complexity index is 1190. The average Bonchev–Trinajstić information content (AvgIpc) is 3.14. The number of aromatic nitrogens is 1. The summed E-state index contributed by atoms with van der Waals surface area (Å²) in [6, 6.07) is 16.5. The lowest BCUT2D eigenvalue weighted by Crippen LogP contribution is -2.54. The first-order valence-corrected chi connectivity index (χ1v) is 10.1. The maximum atomic E-state index is 13.2. The van der Waals surface area contributed by atoms with Gasteiger partial charge in [0.25, 0.3) is 11.8 Å². The first kappa shape index (κ1) is 20.1. The van der Waals surface area contributed by atoms with Crippen molar-refractivity contribution in [3.05, 3.63) is 88.2 Å². The third-order valence-corrected chi connectivity index (χ3v) is 5.48. The Morgan fingerprint density at radius 1 is 0.967 bits per heavy atom. The number of rotatable bonds is 3. The number of benzene rings is 2. The number of amides is 2. The Balaban J connectivity index is 1.78. The highest BCUT2D eigenvalue weighted by Crippen LogP contribution is 2.26. The van der Waals surface area contributed by atoms with E-state index < -0.39 is 11.8 Å². The maximum absolute atomic E-state index is 13.2. The Morgan fingerprint density at radius 2 is 1.63 bits per heavy atom. The summed E-state index contributed by atoms with van der Waals surface area (Å²) < 4.78 is 1.97. The topological polar surface area (TPSA) is 54.3 Å². The molecule has 2 aromatic carbocycles. The van der Waals surface area contributed by atoms with E-state index in [1.165, 1.54) is 4.90 Å². The van der Waals surface area contributed by atoms with E-state index in [9.17, 15) is 9.59 Å². The smallest absolute Gasteiger partial charge is 0.270 e. The van der Waals surface area contributed by atoms with Crippen molar-refractivity contribution in [1.82, 2.24) is 9.88 Å². The zero-order chi connectivity index (χ0) is 21.4. The van der Waals surface area contributed by atoms with Crippen molar-refractivity contribution >= 4 is 52.5 Å². The van der Waals surface area contributed by atoms with Crippen LogP contribution < -0.4 is 10.2 Å². The third kappa shape index (κ3) is 3.56. The molecule has 0 unspecified atom stereocenters. The van der Waals surface area contributed by atoms with Crippen molar-refractivity contribution in [1.29, 1.82) is 0 Å². The summed E-state index contributed by atoms with van der Waals surface area (Å²) in [6.07, 6.45) is 3.50. The molecule has 0 radical (unpaired) electrons. The Kier molecular flexibility index (Phi) is 5.28. The molecule has 2 amide bonds. The highest BCUT2D eigenvalue weighted by molar-refractivity contribution is 7.80. The van der Waals surface area contributed by atoms with Gasteiger partial charge in [0.05, 0.1) is 11.4 Å². The van der Waals surface area contributed by atoms with Crippen LogP contribution in [0.1, 0.15) is 16.8 Å². The lowest BCUT2D eigenvalue weighted by molar-refractivity contribution is -0.122. The van der Waals surface area contributed by atoms with E-state index in [0.29, 0.717) is 10.7 Å². The van der Waals surface area contributed by atoms with E-state index in [1.807, 2.05) is 54.9 Å². The minimum absolute atomic E-state index is 0.00439. The van der Waals surface area contributed by atoms with Crippen molar-refractivity contribution in [3.8, 4) is 5.69 Å². The number of thiocarbonyl (C=S) groups is 1. The van der Waals surface area contributed by atoms with Gasteiger partial charge in [0.1, 0.15) is 5.57 Å². The molecule has 1 N–H and O–H groups in total. The molecule has 1 aliphatic heterocycles. The van der Waals surface area contributed by atoms with Crippen LogP contribution >= 0.6 is 23.8 Å². The molecule has 150 valence electrons. The summed E-state index contributed by atoms with van der Waals surface area (Å²) >= 11 is 11.2. The quantitative estimate of drug-likeness (QED) is 0.372. The zero-order valence-electron chi connectivity index (χ0n) is 16.3. The summed E-state index contributed by atoms with van der Waals surface area (Å²) in [6.45, 7) is 4.05. The molecule has 0 spiro atoms. The fraction of sp³-hybridized carbons (Fsp3) is 0.0870. The van der Waals surface area contributed by atoms with Crippen LogP contribution in [-0.2, 0) is 9.59 Å². The van der Waals surface area contributed by atoms with Gasteiger partial charge in [-0.3, -0.25) is 19.8 Å². The molecule has 0 saturated carbocycles. The molecule has 1 fully saturated rings. The van der Waals surface area contributed by atoms with Crippen molar-refractivity contribution in [2.75, 3.05) is 4.90 Å². The number of aryl methyl sites for hydroxylation is 2. The molecular formula is C23H18ClN3O2S. The summed E-state index contributed by atoms with van der Waals surface area (Å²) in [5.74, 6) is -1.01. The fourth-order valence-corrected chi connectivity index (χ4v) is 3.94. The van der Waals surface area contributed by atoms with Gasteiger partial charge in [-0.15, -0.1) is 0 Å². The molecule has 0 atom stereocenters. The number of anilines is 1. The normalized spacial score (nSPS) is 15.6. The second-order valence-corrected chi connectivity index (χ2v) is 7.80. The standard InChI is InChI=1S/C23H18ClN3O2S/c1-14-5-3-6-15(2)20(14)26-12-4-7-18(26)13-19-21(28)25-23(30)27(22(19)29)17-10-8-16(24)9-11-17/h3-13H,1-2H3,(H,25,28,30)/b19-13+. The number of hydrogen-bond acceptors (Lipinski definition) is 3. The molecule has 4 rings (SSSR count). The zero-order valence-corrected chi connectivity index (χ0v) is 17.9. The number of nitrogens with zero attached hydrogens (tertiary/aromatic N) is 2. The van der Waals surface area contributed by atoms with E-state index >= 15 is 0 Å². The summed E-state index contributed by atoms with van der Waals surface area (Å²) in [7, 11) is 0. The molecule has 1 saturated heterocycles. The average molecular weight is 436 g/mol. The van der Waals surface area contributed by atoms with Gasteiger partial charge in [-0.05, 0) is 79.7 Å². The number of nitrogens with one attached hydrogen (secondary N) is 1. The molecule has 7 heteroatoms. The molecular weight excluding hydrogens is 418 g/mol. The number of hydrogen-bond donors (Lipinski definition) is 1. The summed E-state index contributed by atoms with van der Waals surface area (Å²) in [5, 5.41) is 3.18. The van der Waals surface area contributed by atoms with Crippen molar-refractivity contribution in [2.24, 2.45) is 0 Å². The number of para-hydroxylation sites is 1. The molecule has 5 nitrogen and oxygen atoms in total. The van der Waals surface area contributed by atoms with Crippen LogP contribution in [0, 0.1) is 13.8 Å². The third-order valence-electron chi connectivity index (χ3n) is 4.94. The Hall–Kier alpha value is -3.22. The second kappa shape index (κ2) is 7.89. The molecule has 3 aromatic rings. The highest BCUT2D eigenvalue weighted by Gasteiger charge is 2.34. The van der Waals surface area contributed by atoms with E-state index in [1.54, 1.807) is 30.3 Å². The molecule has 0 aliphatic carbocycles. The Morgan fingerprint density at radius 3 is 2.30 bits per heavy atom. The lowest BCUT2D eigenvalue weighted by Gasteiger charge is -2.29. The van der Waals surface area contributed by atoms with Gasteiger partial charge in [0.2, 0.25) is 0 Å². The monoisotopic (exact) mass is 435 g/mol. The van der Waals surface area contributed by atoms with Gasteiger partial charge in [-0.2, -0.15) is 0 Å². The van der Waals surface area contributed by atoms with Crippen LogP contribution in [0.15, 0.2) is 66.4 Å². The SMILES string of the molecule is Cc1cccc(C)c1-n1cccc1/C=C1\C(=O)NC(=S)N(c2ccc(Cl)cc2)C1=O. The van der Waals surface area contributed by atoms with Crippen LogP contribution in [-0.4, -0.2) is 21.5 Å². The minimum Gasteiger partial charge on any atom is -0.317 e. The predicted molar refractivity (Wildman–Crippen MR) is 123 cm³/mol. The number of carbonyl (C=O) groups excluding carboxylic acids is 2. The van der Waals surface area contributed by atoms with Crippen LogP contribution in [0.3, 0.4) is 0 Å². The molecule has 0 bridgehead atoms. The Labute approximate surface area is 184 Å². The van der Waals surface area contributed by atoms with Crippen LogP contribution in [0.5, 0.6) is 0 Å². The van der Waals surface area contributed by atoms with Crippen molar-refractivity contribution < 1.29 is 9.59 Å². The summed E-state index contributed by atoms with van der Waals surface area (Å²) in [4.78, 5) is 27.1. The fourth-order valence-electron chi connectivity index (χ4n) is 3.53. The van der Waals surface area contributed by atoms with Gasteiger partial charge in [-0.25, -0.2) is 0 Å². The second-order valence-electron chi connectivity index (χ2n) is 6.98. The molecule has 1 aromatic heterocycles. The summed E-state index contributed by atoms with van der Waals surface area (Å²) in [5.41, 5.74) is 4.46. The molecule has 1 aliphatic rings. The lowest BCUT2D eigenvalue weighted by atomic mass is 10.1. The van der Waals surface area contributed by atoms with Crippen LogP contribution in [0.2, 0.25) is 5.02 Å². The molecule has 30 heavy (non-hydrogen) atoms. The predicted octanol–water partition coefficient (Wildman–Crippen LogP) is 4.58. The highest BCUT2D eigenvalue weighted by atomic mass is 35.5. The van der Waals surface area contributed by atoms with Crippen LogP contribution in [0.4, 0.5) is 5.69 Å². The van der Waals surface area contributed by atoms with Gasteiger partial charge in [-0.1, -0.05) is 29.8 Å². The number of halogens is 1. The van der Waals surface area contributed by atoms with Gasteiger partial charge in [0, 0.05) is 16.9 Å². The van der Waals surface area contributed by atoms with Crippen LogP contribution in [0.25, 0.3) is 11.8 Å². The van der Waals surface area contributed by atoms with E-state index in [0.717, 1.165) is 22.5 Å². The minimum atomic E-state index is -0.524. The van der Waals surface area contributed by atoms with Gasteiger partial charge >= 0.3 is 0 Å². The van der Waals surface area contributed by atoms with Crippen molar-refractivity contribution in [2.45, 2.75) is 13.8 Å². The number of carbonyl (C=O) groups is 2. The van der Waals surface area contributed by atoms with E-state index in [4.69, 9.17) is 23.8 Å². The first-order valence-electron chi connectivity index (χ1n) is 9.28. The van der Waals surface area contributed by atoms with E-state index in [2.05, 4.69) is 5.32 Å². The van der Waals surface area contributed by atoms with Crippen molar-refractivity contribution in [3.63, 3.8) is 0 Å². The maximum Gasteiger partial charge on any atom is 0.270 e. The molecule has 2 heterocycles. The van der Waals surface area contributed by atoms with E-state index in [-0.39, 0.29) is 10.7 Å². The first-order chi connectivity index (χ1) is 14.4.